The third-order valence-electron chi connectivity index (χ3n) is 4.92. The highest BCUT2D eigenvalue weighted by Gasteiger charge is 2.28. The van der Waals surface area contributed by atoms with Gasteiger partial charge in [0.2, 0.25) is 0 Å². The van der Waals surface area contributed by atoms with Gasteiger partial charge in [0.25, 0.3) is 0 Å². The Hall–Kier alpha value is -3.54. The summed E-state index contributed by atoms with van der Waals surface area (Å²) in [6.07, 6.45) is 5.74. The third-order valence-corrected chi connectivity index (χ3v) is 4.92. The van der Waals surface area contributed by atoms with Gasteiger partial charge in [-0.1, -0.05) is 60.7 Å². The molecule has 3 aromatic rings. The molecule has 0 saturated heterocycles. The number of hydrogen-bond donors (Lipinski definition) is 3. The predicted molar refractivity (Wildman–Crippen MR) is 110 cm³/mol. The van der Waals surface area contributed by atoms with Crippen LogP contribution in [0.25, 0.3) is 17.2 Å². The molecule has 0 radical (unpaired) electrons. The van der Waals surface area contributed by atoms with Crippen molar-refractivity contribution in [3.8, 4) is 11.1 Å². The summed E-state index contributed by atoms with van der Waals surface area (Å²) in [6.45, 7) is 0.812. The van der Waals surface area contributed by atoms with Crippen LogP contribution in [0.1, 0.15) is 29.0 Å². The van der Waals surface area contributed by atoms with Crippen molar-refractivity contribution in [2.75, 3.05) is 18.9 Å². The van der Waals surface area contributed by atoms with Crippen molar-refractivity contribution in [1.29, 1.82) is 0 Å². The lowest BCUT2D eigenvalue weighted by Crippen LogP contribution is -2.26. The van der Waals surface area contributed by atoms with E-state index in [1.54, 1.807) is 6.20 Å². The Labute approximate surface area is 163 Å². The number of nitrogens with zero attached hydrogens (tertiary/aromatic N) is 1. The van der Waals surface area contributed by atoms with E-state index < -0.39 is 6.09 Å². The van der Waals surface area contributed by atoms with Gasteiger partial charge in [0.05, 0.1) is 6.20 Å². The Morgan fingerprint density at radius 2 is 1.82 bits per heavy atom. The molecule has 142 valence electrons. The summed E-state index contributed by atoms with van der Waals surface area (Å²) >= 11 is 0. The van der Waals surface area contributed by atoms with Gasteiger partial charge in [-0.25, -0.2) is 4.79 Å². The smallest absolute Gasteiger partial charge is 0.407 e. The number of carbonyl (C=O) groups excluding carboxylic acids is 1. The number of carbonyl (C=O) groups is 1. The average Bonchev–Trinajstić information content (AvgIpc) is 3.27. The summed E-state index contributed by atoms with van der Waals surface area (Å²) in [6, 6.07) is 16.6. The van der Waals surface area contributed by atoms with Crippen LogP contribution >= 0.6 is 0 Å². The number of rotatable bonds is 6. The van der Waals surface area contributed by atoms with Crippen LogP contribution in [0.15, 0.2) is 60.8 Å². The van der Waals surface area contributed by atoms with Crippen LogP contribution in [0.5, 0.6) is 0 Å². The lowest BCUT2D eigenvalue weighted by atomic mass is 9.98. The van der Waals surface area contributed by atoms with Crippen LogP contribution in [0.4, 0.5) is 10.6 Å². The van der Waals surface area contributed by atoms with Gasteiger partial charge in [0.15, 0.2) is 0 Å². The van der Waals surface area contributed by atoms with Crippen molar-refractivity contribution in [2.45, 2.75) is 12.3 Å². The average molecular weight is 374 g/mol. The monoisotopic (exact) mass is 374 g/mol. The number of anilines is 1. The van der Waals surface area contributed by atoms with Crippen molar-refractivity contribution in [3.63, 3.8) is 0 Å². The quantitative estimate of drug-likeness (QED) is 0.570. The summed E-state index contributed by atoms with van der Waals surface area (Å²) in [4.78, 5) is 12.1. The molecule has 0 aliphatic heterocycles. The van der Waals surface area contributed by atoms with Crippen molar-refractivity contribution in [1.82, 2.24) is 15.5 Å². The van der Waals surface area contributed by atoms with E-state index in [9.17, 15) is 4.79 Å². The minimum absolute atomic E-state index is 0.0714. The minimum Gasteiger partial charge on any atom is -0.449 e. The molecule has 0 fully saturated rings. The number of nitrogens with two attached hydrogens (primary N) is 1. The maximum Gasteiger partial charge on any atom is 0.407 e. The summed E-state index contributed by atoms with van der Waals surface area (Å²) in [5.74, 6) is 0.600. The van der Waals surface area contributed by atoms with Crippen molar-refractivity contribution in [2.24, 2.45) is 0 Å². The van der Waals surface area contributed by atoms with Crippen LogP contribution in [0.2, 0.25) is 0 Å². The normalized spacial score (nSPS) is 12.7. The minimum atomic E-state index is -0.405. The molecule has 2 aromatic carbocycles. The van der Waals surface area contributed by atoms with Gasteiger partial charge >= 0.3 is 6.09 Å². The number of aromatic amines is 1. The zero-order valence-corrected chi connectivity index (χ0v) is 15.4. The van der Waals surface area contributed by atoms with Gasteiger partial charge in [-0.15, -0.1) is 0 Å². The molecule has 4 N–H and O–H groups in total. The Morgan fingerprint density at radius 1 is 1.14 bits per heavy atom. The highest BCUT2D eigenvalue weighted by Crippen LogP contribution is 2.44. The van der Waals surface area contributed by atoms with Crippen LogP contribution in [0, 0.1) is 0 Å². The maximum atomic E-state index is 12.1. The lowest BCUT2D eigenvalue weighted by Gasteiger charge is -2.14. The molecule has 1 aliphatic carbocycles. The molecule has 1 aromatic heterocycles. The molecule has 4 rings (SSSR count). The standard InChI is InChI=1S/C22H22N4O2/c23-21-15(13-25-26-21)7-5-6-12-24-22(27)28-14-20-18-10-3-1-8-16(18)17-9-2-4-11-19(17)20/h1-5,7-11,13,20H,6,12,14H2,(H,24,27)(H3,23,25,26). The van der Waals surface area contributed by atoms with Crippen molar-refractivity contribution >= 4 is 18.0 Å². The first kappa shape index (κ1) is 17.9. The molecule has 1 amide bonds. The van der Waals surface area contributed by atoms with E-state index in [2.05, 4.69) is 39.8 Å². The van der Waals surface area contributed by atoms with Gasteiger partial charge < -0.3 is 15.8 Å². The lowest BCUT2D eigenvalue weighted by molar-refractivity contribution is 0.143. The number of ether oxygens (including phenoxy) is 1. The second kappa shape index (κ2) is 8.00. The van der Waals surface area contributed by atoms with Gasteiger partial charge in [-0.05, 0) is 28.7 Å². The molecule has 0 spiro atoms. The van der Waals surface area contributed by atoms with Gasteiger partial charge in [0.1, 0.15) is 12.4 Å². The Bertz CT molecular complexity index is 964. The van der Waals surface area contributed by atoms with Crippen LogP contribution in [0.3, 0.4) is 0 Å². The van der Waals surface area contributed by atoms with E-state index in [1.165, 1.54) is 22.3 Å². The SMILES string of the molecule is Nc1[nH]ncc1C=CCCNC(=O)OCC1c2ccccc2-c2ccccc21. The Morgan fingerprint density at radius 3 is 2.46 bits per heavy atom. The van der Waals surface area contributed by atoms with Gasteiger partial charge in [-0.2, -0.15) is 5.10 Å². The van der Waals surface area contributed by atoms with Crippen molar-refractivity contribution < 1.29 is 9.53 Å². The van der Waals surface area contributed by atoms with E-state index in [1.807, 2.05) is 36.4 Å². The molecule has 0 atom stereocenters. The molecule has 0 saturated carbocycles. The van der Waals surface area contributed by atoms with Crippen LogP contribution < -0.4 is 11.1 Å². The summed E-state index contributed by atoms with van der Waals surface area (Å²) in [7, 11) is 0. The molecule has 28 heavy (non-hydrogen) atoms. The molecule has 6 heteroatoms. The Kier molecular flexibility index (Phi) is 5.10. The van der Waals surface area contributed by atoms with E-state index >= 15 is 0 Å². The Balaban J connectivity index is 1.29. The molecule has 0 unspecified atom stereocenters. The topological polar surface area (TPSA) is 93.0 Å². The van der Waals surface area contributed by atoms with Gasteiger partial charge in [0, 0.05) is 18.0 Å². The maximum absolute atomic E-state index is 12.1. The van der Waals surface area contributed by atoms with E-state index in [-0.39, 0.29) is 5.92 Å². The second-order valence-electron chi connectivity index (χ2n) is 6.68. The summed E-state index contributed by atoms with van der Waals surface area (Å²) < 4.78 is 5.50. The number of H-pyrrole nitrogens is 1. The molecule has 0 bridgehead atoms. The van der Waals surface area contributed by atoms with E-state index in [4.69, 9.17) is 10.5 Å². The number of alkyl carbamates (subject to hydrolysis) is 1. The highest BCUT2D eigenvalue weighted by atomic mass is 16.5. The number of fused-ring (bicyclic) bond motifs is 3. The number of nitrogen functional groups attached to an aromatic ring is 1. The van der Waals surface area contributed by atoms with E-state index in [0.717, 1.165) is 5.56 Å². The number of hydrogen-bond acceptors (Lipinski definition) is 4. The van der Waals surface area contributed by atoms with Gasteiger partial charge in [-0.3, -0.25) is 5.10 Å². The zero-order valence-electron chi connectivity index (χ0n) is 15.4. The fourth-order valence-electron chi connectivity index (χ4n) is 3.56. The fourth-order valence-corrected chi connectivity index (χ4v) is 3.56. The predicted octanol–water partition coefficient (Wildman–Crippen LogP) is 3.93. The molecule has 1 heterocycles. The largest absolute Gasteiger partial charge is 0.449 e. The first-order chi connectivity index (χ1) is 13.7. The zero-order chi connectivity index (χ0) is 19.3. The molecular weight excluding hydrogens is 352 g/mol. The third kappa shape index (κ3) is 3.62. The van der Waals surface area contributed by atoms with Crippen LogP contribution in [-0.2, 0) is 4.74 Å². The first-order valence-electron chi connectivity index (χ1n) is 9.28. The number of aromatic nitrogens is 2. The number of amides is 1. The molecule has 1 aliphatic rings. The molecular formula is C22H22N4O2. The second-order valence-corrected chi connectivity index (χ2v) is 6.68. The molecule has 6 nitrogen and oxygen atoms in total. The first-order valence-corrected chi connectivity index (χ1v) is 9.28. The van der Waals surface area contributed by atoms with Crippen molar-refractivity contribution in [3.05, 3.63) is 77.5 Å². The highest BCUT2D eigenvalue weighted by molar-refractivity contribution is 5.79. The fraction of sp³-hybridized carbons (Fsp3) is 0.182. The summed E-state index contributed by atoms with van der Waals surface area (Å²) in [5.41, 5.74) is 11.4. The van der Waals surface area contributed by atoms with E-state index in [0.29, 0.717) is 25.4 Å². The van der Waals surface area contributed by atoms with Crippen LogP contribution in [-0.4, -0.2) is 29.4 Å². The number of nitrogens with one attached hydrogen (secondary N) is 2. The number of benzene rings is 2. The summed E-state index contributed by atoms with van der Waals surface area (Å²) in [5, 5.41) is 9.31.